The Balaban J connectivity index is 0.960. The van der Waals surface area contributed by atoms with Crippen molar-refractivity contribution >= 4 is 23.1 Å². The minimum absolute atomic E-state index is 0.0452. The molecule has 0 spiro atoms. The Labute approximate surface area is 269 Å². The molecular formula is C35H44N6O5. The van der Waals surface area contributed by atoms with Gasteiger partial charge in [-0.15, -0.1) is 0 Å². The maximum Gasteiger partial charge on any atom is 0.409 e. The van der Waals surface area contributed by atoms with Gasteiger partial charge in [-0.2, -0.15) is 0 Å². The standard InChI is InChI=1S/C35H44N6O5/c1-3-4-11-18-44-29-19-31(46-30(29)20-42)41-23-39-32-33(37-22-38-34(32)41)36-16-9-10-17-40(2)35(43)45-21-28-26-14-7-5-12-24(26)25-13-6-8-15-27(25)28/h5-8,12-15,22-23,28-31,42H,3-4,9-11,16-21H2,1-2H3,(H,36,37,38)/t29?,30-,31-/m1/s1. The third-order valence-electron chi connectivity index (χ3n) is 8.97. The molecule has 0 saturated carbocycles. The second-order valence-electron chi connectivity index (χ2n) is 12.1. The molecule has 2 aromatic heterocycles. The molecular weight excluding hydrogens is 584 g/mol. The molecule has 0 bridgehead atoms. The van der Waals surface area contributed by atoms with Crippen molar-refractivity contribution in [2.24, 2.45) is 0 Å². The van der Waals surface area contributed by atoms with Gasteiger partial charge in [0, 0.05) is 39.1 Å². The number of fused-ring (bicyclic) bond motifs is 4. The van der Waals surface area contributed by atoms with Crippen LogP contribution in [0.5, 0.6) is 0 Å². The highest BCUT2D eigenvalue weighted by molar-refractivity contribution is 5.82. The number of hydrogen-bond donors (Lipinski definition) is 2. The van der Waals surface area contributed by atoms with Crippen molar-refractivity contribution < 1.29 is 24.1 Å². The number of aliphatic hydroxyl groups excluding tert-OH is 1. The van der Waals surface area contributed by atoms with E-state index < -0.39 is 0 Å². The molecule has 4 aromatic rings. The number of amides is 1. The van der Waals surface area contributed by atoms with E-state index in [1.807, 2.05) is 28.8 Å². The normalized spacial score (nSPS) is 18.9. The summed E-state index contributed by atoms with van der Waals surface area (Å²) in [5.41, 5.74) is 6.17. The first-order valence-electron chi connectivity index (χ1n) is 16.4. The first-order valence-corrected chi connectivity index (χ1v) is 16.4. The number of unbranched alkanes of at least 4 members (excludes halogenated alkanes) is 3. The predicted molar refractivity (Wildman–Crippen MR) is 176 cm³/mol. The molecule has 1 amide bonds. The molecule has 1 aliphatic heterocycles. The lowest BCUT2D eigenvalue weighted by Gasteiger charge is -2.19. The number of ether oxygens (including phenoxy) is 3. The smallest absolute Gasteiger partial charge is 0.409 e. The zero-order valence-corrected chi connectivity index (χ0v) is 26.7. The number of aromatic nitrogens is 4. The second-order valence-corrected chi connectivity index (χ2v) is 12.1. The lowest BCUT2D eigenvalue weighted by molar-refractivity contribution is -0.0608. The lowest BCUT2D eigenvalue weighted by atomic mass is 9.98. The molecule has 11 nitrogen and oxygen atoms in total. The first-order chi connectivity index (χ1) is 22.6. The fourth-order valence-electron chi connectivity index (χ4n) is 6.47. The van der Waals surface area contributed by atoms with E-state index in [9.17, 15) is 9.90 Å². The highest BCUT2D eigenvalue weighted by Crippen LogP contribution is 2.44. The molecule has 6 rings (SSSR count). The maximum atomic E-state index is 12.8. The molecule has 2 aromatic carbocycles. The average molecular weight is 629 g/mol. The molecule has 3 atom stereocenters. The van der Waals surface area contributed by atoms with Crippen LogP contribution in [0.25, 0.3) is 22.3 Å². The number of aliphatic hydroxyl groups is 1. The molecule has 3 heterocycles. The van der Waals surface area contributed by atoms with Crippen LogP contribution in [0.2, 0.25) is 0 Å². The van der Waals surface area contributed by atoms with Crippen molar-refractivity contribution in [3.8, 4) is 11.1 Å². The van der Waals surface area contributed by atoms with Crippen molar-refractivity contribution in [1.82, 2.24) is 24.4 Å². The van der Waals surface area contributed by atoms with Gasteiger partial charge in [0.05, 0.1) is 19.0 Å². The molecule has 1 aliphatic carbocycles. The van der Waals surface area contributed by atoms with Gasteiger partial charge in [-0.25, -0.2) is 19.7 Å². The van der Waals surface area contributed by atoms with Gasteiger partial charge in [0.2, 0.25) is 0 Å². The van der Waals surface area contributed by atoms with Crippen LogP contribution in [0.1, 0.15) is 68.7 Å². The minimum Gasteiger partial charge on any atom is -0.448 e. The summed E-state index contributed by atoms with van der Waals surface area (Å²) < 4.78 is 19.8. The van der Waals surface area contributed by atoms with Crippen LogP contribution in [0.15, 0.2) is 61.2 Å². The SMILES string of the molecule is CCCCCOC1C[C@H](n2cnc3c(NCCCCN(C)C(=O)OCC4c5ccccc5-c5ccccc54)ncnc32)O[C@@H]1CO. The number of imidazole rings is 1. The molecule has 2 aliphatic rings. The largest absolute Gasteiger partial charge is 0.448 e. The van der Waals surface area contributed by atoms with Gasteiger partial charge in [-0.05, 0) is 41.5 Å². The van der Waals surface area contributed by atoms with Gasteiger partial charge in [0.1, 0.15) is 25.3 Å². The van der Waals surface area contributed by atoms with Gasteiger partial charge in [-0.3, -0.25) is 4.57 Å². The number of nitrogens with one attached hydrogen (secondary N) is 1. The van der Waals surface area contributed by atoms with E-state index in [0.717, 1.165) is 32.1 Å². The minimum atomic E-state index is -0.380. The molecule has 1 unspecified atom stereocenters. The van der Waals surface area contributed by atoms with Gasteiger partial charge in [0.25, 0.3) is 0 Å². The fourth-order valence-corrected chi connectivity index (χ4v) is 6.47. The van der Waals surface area contributed by atoms with Crippen LogP contribution in [-0.2, 0) is 14.2 Å². The Morgan fingerprint density at radius 1 is 1.04 bits per heavy atom. The van der Waals surface area contributed by atoms with Gasteiger partial charge in [0.15, 0.2) is 17.0 Å². The molecule has 46 heavy (non-hydrogen) atoms. The van der Waals surface area contributed by atoms with Gasteiger partial charge in [-0.1, -0.05) is 68.3 Å². The number of carbonyl (C=O) groups is 1. The predicted octanol–water partition coefficient (Wildman–Crippen LogP) is 5.75. The summed E-state index contributed by atoms with van der Waals surface area (Å²) in [5, 5.41) is 13.2. The third kappa shape index (κ3) is 6.86. The number of rotatable bonds is 15. The lowest BCUT2D eigenvalue weighted by Crippen LogP contribution is -2.30. The van der Waals surface area contributed by atoms with E-state index in [1.54, 1.807) is 18.3 Å². The zero-order valence-electron chi connectivity index (χ0n) is 26.7. The van der Waals surface area contributed by atoms with Crippen LogP contribution >= 0.6 is 0 Å². The van der Waals surface area contributed by atoms with Crippen molar-refractivity contribution in [1.29, 1.82) is 0 Å². The number of benzene rings is 2. The number of carbonyl (C=O) groups excluding carboxylic acids is 1. The van der Waals surface area contributed by atoms with Crippen molar-refractivity contribution in [3.05, 3.63) is 72.3 Å². The van der Waals surface area contributed by atoms with E-state index in [0.29, 0.717) is 49.7 Å². The monoisotopic (exact) mass is 628 g/mol. The van der Waals surface area contributed by atoms with E-state index in [4.69, 9.17) is 14.2 Å². The summed E-state index contributed by atoms with van der Waals surface area (Å²) in [4.78, 5) is 27.9. The van der Waals surface area contributed by atoms with Crippen LogP contribution in [0.4, 0.5) is 10.6 Å². The highest BCUT2D eigenvalue weighted by Gasteiger charge is 2.37. The van der Waals surface area contributed by atoms with Crippen molar-refractivity contribution in [2.45, 2.75) is 69.8 Å². The zero-order chi connectivity index (χ0) is 31.9. The topological polar surface area (TPSA) is 124 Å². The summed E-state index contributed by atoms with van der Waals surface area (Å²) in [6.07, 6.45) is 7.54. The summed E-state index contributed by atoms with van der Waals surface area (Å²) in [6, 6.07) is 16.7. The van der Waals surface area contributed by atoms with E-state index in [2.05, 4.69) is 51.5 Å². The van der Waals surface area contributed by atoms with Crippen LogP contribution in [0.3, 0.4) is 0 Å². The Morgan fingerprint density at radius 2 is 1.80 bits per heavy atom. The van der Waals surface area contributed by atoms with Gasteiger partial charge < -0.3 is 29.5 Å². The maximum absolute atomic E-state index is 12.8. The summed E-state index contributed by atoms with van der Waals surface area (Å²) in [5.74, 6) is 0.696. The Bertz CT molecular complexity index is 1570. The first kappa shape index (κ1) is 31.9. The summed E-state index contributed by atoms with van der Waals surface area (Å²) in [6.45, 7) is 4.28. The average Bonchev–Trinajstić information content (AvgIpc) is 3.79. The summed E-state index contributed by atoms with van der Waals surface area (Å²) >= 11 is 0. The fraction of sp³-hybridized carbons (Fsp3) is 0.486. The molecule has 244 valence electrons. The van der Waals surface area contributed by atoms with Crippen LogP contribution in [-0.4, -0.2) is 87.8 Å². The summed E-state index contributed by atoms with van der Waals surface area (Å²) in [7, 11) is 1.78. The van der Waals surface area contributed by atoms with Crippen molar-refractivity contribution in [2.75, 3.05) is 45.3 Å². The van der Waals surface area contributed by atoms with E-state index in [1.165, 1.54) is 28.6 Å². The second kappa shape index (κ2) is 15.0. The Kier molecular flexibility index (Phi) is 10.4. The van der Waals surface area contributed by atoms with E-state index >= 15 is 0 Å². The Hall–Kier alpha value is -4.06. The molecule has 1 saturated heterocycles. The van der Waals surface area contributed by atoms with Gasteiger partial charge >= 0.3 is 6.09 Å². The molecule has 2 N–H and O–H groups in total. The van der Waals surface area contributed by atoms with Crippen LogP contribution < -0.4 is 5.32 Å². The number of anilines is 1. The number of hydrogen-bond acceptors (Lipinski definition) is 9. The quantitative estimate of drug-likeness (QED) is 0.158. The van der Waals surface area contributed by atoms with Crippen LogP contribution in [0, 0.1) is 0 Å². The molecule has 0 radical (unpaired) electrons. The highest BCUT2D eigenvalue weighted by atomic mass is 16.6. The molecule has 1 fully saturated rings. The Morgan fingerprint density at radius 3 is 2.54 bits per heavy atom. The van der Waals surface area contributed by atoms with E-state index in [-0.39, 0.29) is 37.1 Å². The number of nitrogens with zero attached hydrogens (tertiary/aromatic N) is 5. The van der Waals surface area contributed by atoms with Crippen molar-refractivity contribution in [3.63, 3.8) is 0 Å². The third-order valence-corrected chi connectivity index (χ3v) is 8.97. The molecule has 11 heteroatoms.